The number of rotatable bonds is 6. The molecule has 1 N–H and O–H groups in total. The van der Waals surface area contributed by atoms with Gasteiger partial charge in [-0.15, -0.1) is 0 Å². The van der Waals surface area contributed by atoms with Gasteiger partial charge >= 0.3 is 0 Å². The molecule has 7 heteroatoms. The number of carbonyl (C=O) groups is 1. The number of ether oxygens (including phenoxy) is 1. The molecule has 1 amide bonds. The molecule has 2 aliphatic heterocycles. The molecule has 3 heterocycles. The van der Waals surface area contributed by atoms with Crippen LogP contribution in [0, 0.1) is 19.8 Å². The highest BCUT2D eigenvalue weighted by atomic mass is 16.5. The number of hydrogen-bond acceptors (Lipinski definition) is 6. The first kappa shape index (κ1) is 23.8. The van der Waals surface area contributed by atoms with Gasteiger partial charge in [-0.3, -0.25) is 9.69 Å². The molecule has 1 aromatic heterocycles. The van der Waals surface area contributed by atoms with Gasteiger partial charge in [-0.05, 0) is 71.0 Å². The Balaban J connectivity index is 1.39. The summed E-state index contributed by atoms with van der Waals surface area (Å²) in [6, 6.07) is 8.36. The lowest BCUT2D eigenvalue weighted by Gasteiger charge is -2.41. The average Bonchev–Trinajstić information content (AvgIpc) is 3.15. The number of nitrogens with zero attached hydrogens (tertiary/aromatic N) is 3. The van der Waals surface area contributed by atoms with Gasteiger partial charge in [-0.2, -0.15) is 0 Å². The zero-order valence-electron chi connectivity index (χ0n) is 20.7. The maximum absolute atomic E-state index is 13.2. The van der Waals surface area contributed by atoms with Crippen molar-refractivity contribution in [3.05, 3.63) is 46.8 Å². The molecule has 2 unspecified atom stereocenters. The van der Waals surface area contributed by atoms with Crippen LogP contribution in [-0.4, -0.2) is 60.2 Å². The Bertz CT molecular complexity index is 929. The Morgan fingerprint density at radius 1 is 1.15 bits per heavy atom. The third kappa shape index (κ3) is 5.09. The second kappa shape index (κ2) is 9.85. The van der Waals surface area contributed by atoms with Gasteiger partial charge in [0.05, 0.1) is 0 Å². The molecule has 2 aliphatic rings. The first-order chi connectivity index (χ1) is 15.8. The van der Waals surface area contributed by atoms with Crippen molar-refractivity contribution in [1.29, 1.82) is 0 Å². The van der Waals surface area contributed by atoms with E-state index in [4.69, 9.17) is 9.26 Å². The topological polar surface area (TPSA) is 70.8 Å². The largest absolute Gasteiger partial charge is 0.359 e. The molecule has 4 rings (SSSR count). The molecule has 180 valence electrons. The zero-order valence-corrected chi connectivity index (χ0v) is 20.7. The fraction of sp³-hybridized carbons (Fsp3) is 0.615. The molecule has 1 aromatic carbocycles. The van der Waals surface area contributed by atoms with Gasteiger partial charge < -0.3 is 19.5 Å². The van der Waals surface area contributed by atoms with Crippen molar-refractivity contribution in [2.24, 2.45) is 5.92 Å². The molecule has 0 bridgehead atoms. The summed E-state index contributed by atoms with van der Waals surface area (Å²) >= 11 is 0. The summed E-state index contributed by atoms with van der Waals surface area (Å²) in [5.74, 6) is 1.62. The number of amides is 1. The lowest BCUT2D eigenvalue weighted by atomic mass is 9.95. The third-order valence-corrected chi connectivity index (χ3v) is 7.44. The minimum atomic E-state index is -0.771. The summed E-state index contributed by atoms with van der Waals surface area (Å²) in [5.41, 5.74) is 2.49. The first-order valence-electron chi connectivity index (χ1n) is 12.2. The Labute approximate surface area is 197 Å². The minimum absolute atomic E-state index is 0.116. The van der Waals surface area contributed by atoms with Crippen molar-refractivity contribution in [3.8, 4) is 0 Å². The normalized spacial score (nSPS) is 22.2. The van der Waals surface area contributed by atoms with Gasteiger partial charge in [0.15, 0.2) is 11.5 Å². The number of aromatic nitrogens is 1. The van der Waals surface area contributed by atoms with E-state index in [1.807, 2.05) is 49.9 Å². The second-order valence-corrected chi connectivity index (χ2v) is 9.90. The van der Waals surface area contributed by atoms with E-state index in [1.54, 1.807) is 7.11 Å². The average molecular weight is 455 g/mol. The van der Waals surface area contributed by atoms with Crippen LogP contribution in [0.4, 0.5) is 5.69 Å². The van der Waals surface area contributed by atoms with Gasteiger partial charge in [0.25, 0.3) is 5.91 Å². The molecular formula is C26H38N4O3. The van der Waals surface area contributed by atoms with Crippen LogP contribution in [-0.2, 0) is 10.5 Å². The molecule has 0 radical (unpaired) electrons. The monoisotopic (exact) mass is 454 g/mol. The number of carbonyl (C=O) groups excluding carboxylic acids is 1. The minimum Gasteiger partial charge on any atom is -0.359 e. The number of anilines is 1. The highest BCUT2D eigenvalue weighted by Gasteiger charge is 2.31. The summed E-state index contributed by atoms with van der Waals surface area (Å²) < 4.78 is 11.1. The number of likely N-dealkylation sites (tertiary alicyclic amines) is 2. The summed E-state index contributed by atoms with van der Waals surface area (Å²) in [7, 11) is 1.66. The van der Waals surface area contributed by atoms with Crippen LogP contribution < -0.4 is 5.32 Å². The molecule has 0 spiro atoms. The van der Waals surface area contributed by atoms with Gasteiger partial charge in [0.1, 0.15) is 11.4 Å². The lowest BCUT2D eigenvalue weighted by Crippen LogP contribution is -2.49. The Hall–Kier alpha value is -2.38. The van der Waals surface area contributed by atoms with Crippen molar-refractivity contribution >= 4 is 11.6 Å². The lowest BCUT2D eigenvalue weighted by molar-refractivity contribution is 0.0276. The summed E-state index contributed by atoms with van der Waals surface area (Å²) in [6.45, 7) is 12.2. The van der Waals surface area contributed by atoms with E-state index in [-0.39, 0.29) is 5.91 Å². The van der Waals surface area contributed by atoms with Crippen LogP contribution >= 0.6 is 0 Å². The SMILES string of the molecule is COC(C)(Nc1c(C)noc1C)c1ccc(C(=O)N2CCC(N3CCCC(C)C3)CC2)cc1. The van der Waals surface area contributed by atoms with Crippen molar-refractivity contribution < 1.29 is 14.1 Å². The van der Waals surface area contributed by atoms with E-state index in [9.17, 15) is 4.79 Å². The van der Waals surface area contributed by atoms with E-state index >= 15 is 0 Å². The van der Waals surface area contributed by atoms with Crippen LogP contribution in [0.25, 0.3) is 0 Å². The van der Waals surface area contributed by atoms with Gasteiger partial charge in [0.2, 0.25) is 0 Å². The van der Waals surface area contributed by atoms with Gasteiger partial charge in [-0.1, -0.05) is 24.2 Å². The quantitative estimate of drug-likeness (QED) is 0.646. The third-order valence-electron chi connectivity index (χ3n) is 7.44. The molecule has 2 aromatic rings. The highest BCUT2D eigenvalue weighted by molar-refractivity contribution is 5.94. The molecule has 2 fully saturated rings. The summed E-state index contributed by atoms with van der Waals surface area (Å²) in [4.78, 5) is 17.8. The van der Waals surface area contributed by atoms with Crippen molar-refractivity contribution in [2.75, 3.05) is 38.6 Å². The standard InChI is InChI=1S/C26H38N4O3/c1-18-7-6-14-30(17-18)23-12-15-29(16-13-23)25(31)21-8-10-22(11-9-21)26(4,32-5)27-24-19(2)28-33-20(24)3/h8-11,18,23,27H,6-7,12-17H2,1-5H3. The Morgan fingerprint density at radius 3 is 2.42 bits per heavy atom. The van der Waals surface area contributed by atoms with Crippen molar-refractivity contribution in [3.63, 3.8) is 0 Å². The summed E-state index contributed by atoms with van der Waals surface area (Å²) in [6.07, 6.45) is 4.79. The fourth-order valence-electron chi connectivity index (χ4n) is 5.25. The predicted octanol–water partition coefficient (Wildman–Crippen LogP) is 4.56. The number of aryl methyl sites for hydroxylation is 2. The van der Waals surface area contributed by atoms with E-state index in [1.165, 1.54) is 25.9 Å². The highest BCUT2D eigenvalue weighted by Crippen LogP contribution is 2.31. The Morgan fingerprint density at radius 2 is 1.85 bits per heavy atom. The molecule has 2 saturated heterocycles. The predicted molar refractivity (Wildman–Crippen MR) is 129 cm³/mol. The van der Waals surface area contributed by atoms with Crippen LogP contribution in [0.15, 0.2) is 28.8 Å². The van der Waals surface area contributed by atoms with E-state index in [2.05, 4.69) is 22.3 Å². The molecule has 0 saturated carbocycles. The number of piperidine rings is 2. The van der Waals surface area contributed by atoms with Crippen molar-refractivity contribution in [2.45, 2.75) is 65.1 Å². The number of methoxy groups -OCH3 is 1. The maximum atomic E-state index is 13.2. The molecule has 7 nitrogen and oxygen atoms in total. The van der Waals surface area contributed by atoms with Crippen LogP contribution in [0.1, 0.15) is 66.9 Å². The number of hydrogen-bond donors (Lipinski definition) is 1. The Kier molecular flexibility index (Phi) is 7.10. The number of nitrogens with one attached hydrogen (secondary N) is 1. The molecule has 33 heavy (non-hydrogen) atoms. The van der Waals surface area contributed by atoms with Crippen LogP contribution in [0.2, 0.25) is 0 Å². The van der Waals surface area contributed by atoms with Crippen LogP contribution in [0.5, 0.6) is 0 Å². The second-order valence-electron chi connectivity index (χ2n) is 9.90. The molecular weight excluding hydrogens is 416 g/mol. The van der Waals surface area contributed by atoms with E-state index in [0.29, 0.717) is 11.8 Å². The van der Waals surface area contributed by atoms with Gasteiger partial charge in [-0.25, -0.2) is 0 Å². The maximum Gasteiger partial charge on any atom is 0.253 e. The van der Waals surface area contributed by atoms with Crippen molar-refractivity contribution in [1.82, 2.24) is 15.0 Å². The van der Waals surface area contributed by atoms with Gasteiger partial charge in [0, 0.05) is 43.9 Å². The fourth-order valence-corrected chi connectivity index (χ4v) is 5.25. The smallest absolute Gasteiger partial charge is 0.253 e. The zero-order chi connectivity index (χ0) is 23.6. The number of benzene rings is 1. The first-order valence-corrected chi connectivity index (χ1v) is 12.2. The van der Waals surface area contributed by atoms with E-state index < -0.39 is 5.72 Å². The van der Waals surface area contributed by atoms with Crippen LogP contribution in [0.3, 0.4) is 0 Å². The summed E-state index contributed by atoms with van der Waals surface area (Å²) in [5, 5.41) is 7.42. The van der Waals surface area contributed by atoms with E-state index in [0.717, 1.165) is 54.4 Å². The molecule has 2 atom stereocenters. The molecule has 0 aliphatic carbocycles.